The summed E-state index contributed by atoms with van der Waals surface area (Å²) in [6.07, 6.45) is 0.389. The zero-order chi connectivity index (χ0) is 26.5. The summed E-state index contributed by atoms with van der Waals surface area (Å²) in [5.74, 6) is 5.12. The third kappa shape index (κ3) is 6.62. The number of hydrogen-bond donors (Lipinski definition) is 2. The van der Waals surface area contributed by atoms with E-state index >= 15 is 0 Å². The molecule has 0 saturated heterocycles. The molecule has 2 heterocycles. The number of aliphatic hydroxyl groups is 2. The Morgan fingerprint density at radius 1 is 1.31 bits per heavy atom. The number of sulfonamides is 1. The van der Waals surface area contributed by atoms with Crippen LogP contribution < -0.4 is 4.74 Å². The normalized spacial score (nSPS) is 20.9. The van der Waals surface area contributed by atoms with Gasteiger partial charge >= 0.3 is 0 Å². The molecule has 0 bridgehead atoms. The summed E-state index contributed by atoms with van der Waals surface area (Å²) in [4.78, 5) is 18.6. The molecule has 0 spiro atoms. The van der Waals surface area contributed by atoms with Gasteiger partial charge in [-0.25, -0.2) is 8.42 Å². The molecule has 9 nitrogen and oxygen atoms in total. The average molecular weight is 516 g/mol. The Balaban J connectivity index is 1.96. The monoisotopic (exact) mass is 515 g/mol. The second kappa shape index (κ2) is 11.8. The maximum atomic E-state index is 13.5. The van der Waals surface area contributed by atoms with Crippen LogP contribution in [0, 0.1) is 17.8 Å². The van der Waals surface area contributed by atoms with Crippen LogP contribution in [0.3, 0.4) is 0 Å². The van der Waals surface area contributed by atoms with Gasteiger partial charge in [-0.05, 0) is 44.2 Å². The summed E-state index contributed by atoms with van der Waals surface area (Å²) >= 11 is 0. The third-order valence-electron chi connectivity index (χ3n) is 6.03. The van der Waals surface area contributed by atoms with Gasteiger partial charge in [0.05, 0.1) is 19.6 Å². The first-order valence-electron chi connectivity index (χ1n) is 11.8. The van der Waals surface area contributed by atoms with E-state index in [0.717, 1.165) is 0 Å². The molecule has 1 aliphatic rings. The van der Waals surface area contributed by atoms with Gasteiger partial charge in [0.25, 0.3) is 0 Å². The Morgan fingerprint density at radius 2 is 2.06 bits per heavy atom. The first-order chi connectivity index (χ1) is 17.0. The number of aliphatic hydroxyl groups excluding tert-OH is 2. The molecule has 0 unspecified atom stereocenters. The molecule has 36 heavy (non-hydrogen) atoms. The molecule has 0 saturated carbocycles. The van der Waals surface area contributed by atoms with E-state index in [9.17, 15) is 23.4 Å². The van der Waals surface area contributed by atoms with Crippen molar-refractivity contribution in [1.82, 2.24) is 14.2 Å². The average Bonchev–Trinajstić information content (AvgIpc) is 2.84. The Hall–Kier alpha value is -2.97. The molecular weight excluding hydrogens is 482 g/mol. The van der Waals surface area contributed by atoms with Crippen LogP contribution in [0.25, 0.3) is 0 Å². The summed E-state index contributed by atoms with van der Waals surface area (Å²) < 4.78 is 34.6. The zero-order valence-electron chi connectivity index (χ0n) is 21.0. The van der Waals surface area contributed by atoms with Crippen LogP contribution in [0.1, 0.15) is 32.0 Å². The van der Waals surface area contributed by atoms with Crippen LogP contribution in [-0.4, -0.2) is 83.7 Å². The first-order valence-corrected chi connectivity index (χ1v) is 13.2. The minimum Gasteiger partial charge on any atom is -0.487 e. The van der Waals surface area contributed by atoms with Gasteiger partial charge in [-0.2, -0.15) is 4.31 Å². The summed E-state index contributed by atoms with van der Waals surface area (Å²) in [6.45, 7) is 5.03. The number of aromatic nitrogens is 1. The maximum Gasteiger partial charge on any atom is 0.247 e. The van der Waals surface area contributed by atoms with Gasteiger partial charge in [0.2, 0.25) is 15.9 Å². The van der Waals surface area contributed by atoms with Crippen molar-refractivity contribution in [3.8, 4) is 17.6 Å². The van der Waals surface area contributed by atoms with Crippen LogP contribution in [0.2, 0.25) is 0 Å². The van der Waals surface area contributed by atoms with Gasteiger partial charge < -0.3 is 19.8 Å². The predicted molar refractivity (Wildman–Crippen MR) is 135 cm³/mol. The number of carbonyl (C=O) groups excluding carboxylic acids is 1. The van der Waals surface area contributed by atoms with Crippen molar-refractivity contribution in [2.24, 2.45) is 5.92 Å². The summed E-state index contributed by atoms with van der Waals surface area (Å²) in [5.41, 5.74) is 1.14. The molecule has 194 valence electrons. The highest BCUT2D eigenvalue weighted by Gasteiger charge is 2.38. The third-order valence-corrected chi connectivity index (χ3v) is 8.05. The van der Waals surface area contributed by atoms with Crippen molar-refractivity contribution in [3.05, 3.63) is 53.9 Å². The summed E-state index contributed by atoms with van der Waals surface area (Å²) in [5, 5.41) is 19.3. The Morgan fingerprint density at radius 3 is 2.69 bits per heavy atom. The Labute approximate surface area is 212 Å². The van der Waals surface area contributed by atoms with Crippen molar-refractivity contribution < 1.29 is 28.2 Å². The van der Waals surface area contributed by atoms with Gasteiger partial charge in [-0.15, -0.1) is 0 Å². The van der Waals surface area contributed by atoms with E-state index in [1.165, 1.54) is 23.4 Å². The number of ether oxygens (including phenoxy) is 1. The Bertz CT molecular complexity index is 1220. The number of carbonyl (C=O) groups is 1. The fraction of sp³-hybridized carbons (Fsp3) is 0.462. The number of benzene rings is 1. The van der Waals surface area contributed by atoms with Gasteiger partial charge in [-0.3, -0.25) is 9.78 Å². The molecule has 2 aromatic rings. The maximum absolute atomic E-state index is 13.5. The minimum absolute atomic E-state index is 0.0373. The standard InChI is InChI=1S/C26H33N3O6S/c1-18-15-29(19(2)17-30)36(33,34)25-11-10-21(9-8-20(3)31)13-23(25)35-24(18)16-28(4)26(32)14-22-7-5-6-12-27-22/h5-7,10-13,18-20,24,30-31H,14-17H2,1-4H3/t18-,19+,20+,24-/m0/s1. The van der Waals surface area contributed by atoms with Gasteiger partial charge in [0.1, 0.15) is 22.9 Å². The van der Waals surface area contributed by atoms with E-state index in [1.807, 2.05) is 13.0 Å². The van der Waals surface area contributed by atoms with Crippen LogP contribution in [0.4, 0.5) is 0 Å². The van der Waals surface area contributed by atoms with E-state index in [4.69, 9.17) is 4.74 Å². The lowest BCUT2D eigenvalue weighted by atomic mass is 10.0. The van der Waals surface area contributed by atoms with E-state index in [1.54, 1.807) is 43.3 Å². The van der Waals surface area contributed by atoms with Crippen molar-refractivity contribution in [2.75, 3.05) is 26.7 Å². The lowest BCUT2D eigenvalue weighted by Gasteiger charge is -2.37. The van der Waals surface area contributed by atoms with Crippen molar-refractivity contribution >= 4 is 15.9 Å². The molecule has 3 rings (SSSR count). The highest BCUT2D eigenvalue weighted by atomic mass is 32.2. The zero-order valence-corrected chi connectivity index (χ0v) is 21.8. The number of nitrogens with zero attached hydrogens (tertiary/aromatic N) is 3. The molecule has 1 amide bonds. The predicted octanol–water partition coefficient (Wildman–Crippen LogP) is 1.28. The lowest BCUT2D eigenvalue weighted by Crippen LogP contribution is -2.50. The van der Waals surface area contributed by atoms with Crippen LogP contribution in [0.5, 0.6) is 5.75 Å². The van der Waals surface area contributed by atoms with Crippen molar-refractivity contribution in [2.45, 2.75) is 50.3 Å². The molecule has 4 atom stereocenters. The van der Waals surface area contributed by atoms with Crippen LogP contribution in [0.15, 0.2) is 47.5 Å². The number of amides is 1. The number of likely N-dealkylation sites (N-methyl/N-ethyl adjacent to an activating group) is 1. The highest BCUT2D eigenvalue weighted by Crippen LogP contribution is 2.34. The molecule has 1 aliphatic heterocycles. The molecule has 1 aromatic heterocycles. The van der Waals surface area contributed by atoms with E-state index in [2.05, 4.69) is 16.8 Å². The van der Waals surface area contributed by atoms with E-state index in [0.29, 0.717) is 11.3 Å². The Kier molecular flexibility index (Phi) is 9.08. The van der Waals surface area contributed by atoms with Gasteiger partial charge in [-0.1, -0.05) is 24.8 Å². The number of fused-ring (bicyclic) bond motifs is 1. The van der Waals surface area contributed by atoms with Crippen LogP contribution in [-0.2, 0) is 21.2 Å². The second-order valence-corrected chi connectivity index (χ2v) is 11.0. The lowest BCUT2D eigenvalue weighted by molar-refractivity contribution is -0.130. The summed E-state index contributed by atoms with van der Waals surface area (Å²) in [7, 11) is -2.30. The number of rotatable bonds is 6. The van der Waals surface area contributed by atoms with Gasteiger partial charge in [0.15, 0.2) is 0 Å². The molecule has 10 heteroatoms. The largest absolute Gasteiger partial charge is 0.487 e. The van der Waals surface area contributed by atoms with E-state index in [-0.39, 0.29) is 48.6 Å². The SMILES string of the molecule is C[C@H](CO)N1C[C@H](C)[C@H](CN(C)C(=O)Cc2ccccn2)Oc2cc(C#C[C@@H](C)O)ccc2S1(=O)=O. The summed E-state index contributed by atoms with van der Waals surface area (Å²) in [6, 6.07) is 9.25. The quantitative estimate of drug-likeness (QED) is 0.556. The van der Waals surface area contributed by atoms with Crippen molar-refractivity contribution in [1.29, 1.82) is 0 Å². The van der Waals surface area contributed by atoms with E-state index < -0.39 is 28.3 Å². The van der Waals surface area contributed by atoms with Crippen molar-refractivity contribution in [3.63, 3.8) is 0 Å². The first kappa shape index (κ1) is 27.6. The molecule has 0 fully saturated rings. The topological polar surface area (TPSA) is 120 Å². The molecule has 2 N–H and O–H groups in total. The van der Waals surface area contributed by atoms with Gasteiger partial charge in [0, 0.05) is 43.0 Å². The van der Waals surface area contributed by atoms with Crippen LogP contribution >= 0.6 is 0 Å². The molecule has 0 radical (unpaired) electrons. The molecule has 0 aliphatic carbocycles. The number of hydrogen-bond acceptors (Lipinski definition) is 7. The minimum atomic E-state index is -3.98. The fourth-order valence-corrected chi connectivity index (χ4v) is 5.70. The smallest absolute Gasteiger partial charge is 0.247 e. The molecule has 1 aromatic carbocycles. The molecular formula is C26H33N3O6S. The second-order valence-electron chi connectivity index (χ2n) is 9.12. The highest BCUT2D eigenvalue weighted by molar-refractivity contribution is 7.89. The fourth-order valence-electron chi connectivity index (χ4n) is 3.87. The number of pyridine rings is 1.